The quantitative estimate of drug-likeness (QED) is 0.843. The van der Waals surface area contributed by atoms with Crippen molar-refractivity contribution in [2.24, 2.45) is 23.7 Å². The predicted molar refractivity (Wildman–Crippen MR) is 90.2 cm³/mol. The fraction of sp³-hybridized carbons (Fsp3) is 0.737. The monoisotopic (exact) mass is 288 g/mol. The van der Waals surface area contributed by atoms with Gasteiger partial charge in [-0.05, 0) is 68.0 Å². The van der Waals surface area contributed by atoms with Gasteiger partial charge in [0.25, 0.3) is 0 Å². The summed E-state index contributed by atoms with van der Waals surface area (Å²) in [6.45, 7) is 10.4. The minimum atomic E-state index is 0.586. The smallest absolute Gasteiger partial charge is 0.0406 e. The number of hydrogen-bond donors (Lipinski definition) is 1. The Morgan fingerprint density at radius 1 is 1.14 bits per heavy atom. The maximum absolute atomic E-state index is 4.55. The second kappa shape index (κ2) is 7.93. The van der Waals surface area contributed by atoms with Crippen molar-refractivity contribution in [2.75, 3.05) is 6.54 Å². The molecular formula is C19H32N2. The van der Waals surface area contributed by atoms with E-state index < -0.39 is 0 Å². The van der Waals surface area contributed by atoms with Gasteiger partial charge in [-0.2, -0.15) is 0 Å². The van der Waals surface area contributed by atoms with E-state index in [2.05, 4.69) is 50.1 Å². The first kappa shape index (κ1) is 16.5. The molecule has 1 heterocycles. The molecule has 2 nitrogen and oxygen atoms in total. The van der Waals surface area contributed by atoms with Crippen molar-refractivity contribution in [3.8, 4) is 0 Å². The van der Waals surface area contributed by atoms with Crippen LogP contribution in [0.4, 0.5) is 0 Å². The van der Waals surface area contributed by atoms with E-state index in [1.165, 1.54) is 31.5 Å². The van der Waals surface area contributed by atoms with Crippen LogP contribution in [0.2, 0.25) is 0 Å². The summed E-state index contributed by atoms with van der Waals surface area (Å²) >= 11 is 0. The number of nitrogens with zero attached hydrogens (tertiary/aromatic N) is 1. The van der Waals surface area contributed by atoms with Crippen LogP contribution in [-0.4, -0.2) is 17.6 Å². The van der Waals surface area contributed by atoms with Crippen LogP contribution in [-0.2, 0) is 6.42 Å². The molecule has 3 atom stereocenters. The molecule has 1 aliphatic rings. The Morgan fingerprint density at radius 2 is 1.95 bits per heavy atom. The topological polar surface area (TPSA) is 24.9 Å². The maximum Gasteiger partial charge on any atom is 0.0406 e. The highest BCUT2D eigenvalue weighted by Gasteiger charge is 2.31. The molecule has 0 bridgehead atoms. The van der Waals surface area contributed by atoms with Crippen molar-refractivity contribution in [1.29, 1.82) is 0 Å². The Morgan fingerprint density at radius 3 is 2.57 bits per heavy atom. The summed E-state index contributed by atoms with van der Waals surface area (Å²) in [6, 6.07) is 6.90. The van der Waals surface area contributed by atoms with E-state index in [0.29, 0.717) is 6.04 Å². The Balaban J connectivity index is 2.01. The van der Waals surface area contributed by atoms with Crippen molar-refractivity contribution in [3.63, 3.8) is 0 Å². The van der Waals surface area contributed by atoms with Crippen molar-refractivity contribution in [1.82, 2.24) is 10.3 Å². The molecule has 1 aromatic rings. The SMILES string of the molecule is CC(C)NCC1CCC(C(C)C)CC1Cc1ccccn1. The maximum atomic E-state index is 4.55. The molecule has 0 saturated heterocycles. The van der Waals surface area contributed by atoms with Gasteiger partial charge in [-0.25, -0.2) is 0 Å². The summed E-state index contributed by atoms with van der Waals surface area (Å²) in [6.07, 6.45) is 7.23. The van der Waals surface area contributed by atoms with E-state index >= 15 is 0 Å². The lowest BCUT2D eigenvalue weighted by atomic mass is 9.69. The Labute approximate surface area is 130 Å². The zero-order valence-electron chi connectivity index (χ0n) is 14.2. The Hall–Kier alpha value is -0.890. The van der Waals surface area contributed by atoms with Crippen LogP contribution in [0.15, 0.2) is 24.4 Å². The largest absolute Gasteiger partial charge is 0.314 e. The zero-order valence-corrected chi connectivity index (χ0v) is 14.2. The van der Waals surface area contributed by atoms with Gasteiger partial charge in [0.1, 0.15) is 0 Å². The summed E-state index contributed by atoms with van der Waals surface area (Å²) in [7, 11) is 0. The average Bonchev–Trinajstić information content (AvgIpc) is 2.46. The van der Waals surface area contributed by atoms with Gasteiger partial charge in [0, 0.05) is 17.9 Å². The number of aromatic nitrogens is 1. The number of rotatable bonds is 6. The van der Waals surface area contributed by atoms with Crippen LogP contribution < -0.4 is 5.32 Å². The van der Waals surface area contributed by atoms with Crippen LogP contribution in [0, 0.1) is 23.7 Å². The highest BCUT2D eigenvalue weighted by Crippen LogP contribution is 2.38. The molecule has 3 unspecified atom stereocenters. The van der Waals surface area contributed by atoms with Crippen molar-refractivity contribution < 1.29 is 0 Å². The molecule has 1 saturated carbocycles. The first-order valence-corrected chi connectivity index (χ1v) is 8.69. The van der Waals surface area contributed by atoms with E-state index in [1.54, 1.807) is 0 Å². The second-order valence-corrected chi connectivity index (χ2v) is 7.43. The zero-order chi connectivity index (χ0) is 15.2. The number of hydrogen-bond acceptors (Lipinski definition) is 2. The minimum absolute atomic E-state index is 0.586. The van der Waals surface area contributed by atoms with Gasteiger partial charge in [0.15, 0.2) is 0 Å². The Bertz CT molecular complexity index is 399. The Kier molecular flexibility index (Phi) is 6.22. The summed E-state index contributed by atoms with van der Waals surface area (Å²) in [4.78, 5) is 4.55. The van der Waals surface area contributed by atoms with Crippen molar-refractivity contribution in [2.45, 2.75) is 59.4 Å². The van der Waals surface area contributed by atoms with Gasteiger partial charge in [-0.1, -0.05) is 33.8 Å². The lowest BCUT2D eigenvalue weighted by Gasteiger charge is -2.38. The predicted octanol–water partition coefficient (Wildman–Crippen LogP) is 4.31. The van der Waals surface area contributed by atoms with E-state index in [9.17, 15) is 0 Å². The minimum Gasteiger partial charge on any atom is -0.314 e. The fourth-order valence-corrected chi connectivity index (χ4v) is 3.66. The lowest BCUT2D eigenvalue weighted by molar-refractivity contribution is 0.142. The first-order chi connectivity index (χ1) is 10.1. The molecule has 2 rings (SSSR count). The second-order valence-electron chi connectivity index (χ2n) is 7.43. The molecule has 118 valence electrons. The van der Waals surface area contributed by atoms with Gasteiger partial charge in [0.2, 0.25) is 0 Å². The molecule has 2 heteroatoms. The molecule has 0 spiro atoms. The summed E-state index contributed by atoms with van der Waals surface area (Å²) < 4.78 is 0. The summed E-state index contributed by atoms with van der Waals surface area (Å²) in [5, 5.41) is 3.65. The summed E-state index contributed by atoms with van der Waals surface area (Å²) in [5.74, 6) is 3.31. The van der Waals surface area contributed by atoms with Crippen LogP contribution in [0.3, 0.4) is 0 Å². The van der Waals surface area contributed by atoms with Gasteiger partial charge in [-0.3, -0.25) is 4.98 Å². The molecule has 1 N–H and O–H groups in total. The molecule has 21 heavy (non-hydrogen) atoms. The summed E-state index contributed by atoms with van der Waals surface area (Å²) in [5.41, 5.74) is 1.27. The highest BCUT2D eigenvalue weighted by atomic mass is 14.9. The van der Waals surface area contributed by atoms with Gasteiger partial charge >= 0.3 is 0 Å². The first-order valence-electron chi connectivity index (χ1n) is 8.69. The normalized spacial score (nSPS) is 26.5. The van der Waals surface area contributed by atoms with Crippen molar-refractivity contribution in [3.05, 3.63) is 30.1 Å². The standard InChI is InChI=1S/C19H32N2/c1-14(2)16-8-9-17(13-21-15(3)4)18(11-16)12-19-7-5-6-10-20-19/h5-7,10,14-18,21H,8-9,11-13H2,1-4H3. The molecule has 0 amide bonds. The van der Waals surface area contributed by atoms with E-state index in [4.69, 9.17) is 0 Å². The number of pyridine rings is 1. The average molecular weight is 288 g/mol. The van der Waals surface area contributed by atoms with E-state index in [0.717, 1.165) is 30.1 Å². The third-order valence-electron chi connectivity index (χ3n) is 5.11. The third-order valence-corrected chi connectivity index (χ3v) is 5.11. The van der Waals surface area contributed by atoms with Crippen LogP contribution in [0.25, 0.3) is 0 Å². The molecule has 1 fully saturated rings. The molecule has 0 aromatic carbocycles. The fourth-order valence-electron chi connectivity index (χ4n) is 3.66. The van der Waals surface area contributed by atoms with Crippen molar-refractivity contribution >= 4 is 0 Å². The van der Waals surface area contributed by atoms with E-state index in [-0.39, 0.29) is 0 Å². The molecule has 1 aromatic heterocycles. The third kappa shape index (κ3) is 5.10. The highest BCUT2D eigenvalue weighted by molar-refractivity contribution is 5.05. The molecule has 1 aliphatic carbocycles. The van der Waals surface area contributed by atoms with Gasteiger partial charge in [-0.15, -0.1) is 0 Å². The van der Waals surface area contributed by atoms with Gasteiger partial charge in [0.05, 0.1) is 0 Å². The molecule has 0 aliphatic heterocycles. The van der Waals surface area contributed by atoms with Crippen LogP contribution >= 0.6 is 0 Å². The van der Waals surface area contributed by atoms with Crippen LogP contribution in [0.1, 0.15) is 52.7 Å². The number of nitrogens with one attached hydrogen (secondary N) is 1. The van der Waals surface area contributed by atoms with E-state index in [1.807, 2.05) is 12.3 Å². The molecule has 0 radical (unpaired) electrons. The van der Waals surface area contributed by atoms with Gasteiger partial charge < -0.3 is 5.32 Å². The molecular weight excluding hydrogens is 256 g/mol. The lowest BCUT2D eigenvalue weighted by Crippen LogP contribution is -2.37. The van der Waals surface area contributed by atoms with Crippen LogP contribution in [0.5, 0.6) is 0 Å².